The van der Waals surface area contributed by atoms with E-state index in [1.54, 1.807) is 24.3 Å². The summed E-state index contributed by atoms with van der Waals surface area (Å²) in [4.78, 5) is 31.9. The van der Waals surface area contributed by atoms with E-state index in [9.17, 15) is 9.59 Å². The SMILES string of the molecule is O=C(O)c1ccc2cc(OC(=O)c3cc4ccccc4nc3Cl)cnc2c1. The van der Waals surface area contributed by atoms with Gasteiger partial charge in [0, 0.05) is 10.8 Å². The topological polar surface area (TPSA) is 89.4 Å². The molecule has 0 fully saturated rings. The van der Waals surface area contributed by atoms with Gasteiger partial charge in [-0.15, -0.1) is 0 Å². The van der Waals surface area contributed by atoms with E-state index in [2.05, 4.69) is 9.97 Å². The maximum Gasteiger partial charge on any atom is 0.346 e. The summed E-state index contributed by atoms with van der Waals surface area (Å²) >= 11 is 6.12. The number of hydrogen-bond donors (Lipinski definition) is 1. The molecule has 4 aromatic rings. The van der Waals surface area contributed by atoms with Gasteiger partial charge in [0.15, 0.2) is 0 Å². The summed E-state index contributed by atoms with van der Waals surface area (Å²) in [7, 11) is 0. The number of carbonyl (C=O) groups excluding carboxylic acids is 1. The zero-order valence-electron chi connectivity index (χ0n) is 13.7. The first-order valence-electron chi connectivity index (χ1n) is 7.92. The Hall–Kier alpha value is -3.51. The maximum atomic E-state index is 12.5. The zero-order chi connectivity index (χ0) is 19.0. The summed E-state index contributed by atoms with van der Waals surface area (Å²) in [5.74, 6) is -1.46. The minimum Gasteiger partial charge on any atom is -0.478 e. The number of fused-ring (bicyclic) bond motifs is 2. The average molecular weight is 379 g/mol. The van der Waals surface area contributed by atoms with Crippen molar-refractivity contribution in [3.8, 4) is 5.75 Å². The van der Waals surface area contributed by atoms with E-state index in [0.717, 1.165) is 5.39 Å². The Bertz CT molecular complexity index is 1220. The summed E-state index contributed by atoms with van der Waals surface area (Å²) < 4.78 is 5.37. The molecule has 0 radical (unpaired) electrons. The highest BCUT2D eigenvalue weighted by atomic mass is 35.5. The van der Waals surface area contributed by atoms with Crippen LogP contribution in [0.25, 0.3) is 21.8 Å². The highest BCUT2D eigenvalue weighted by molar-refractivity contribution is 6.33. The molecule has 132 valence electrons. The fourth-order valence-corrected chi connectivity index (χ4v) is 2.91. The van der Waals surface area contributed by atoms with Crippen LogP contribution in [0.4, 0.5) is 0 Å². The van der Waals surface area contributed by atoms with E-state index >= 15 is 0 Å². The van der Waals surface area contributed by atoms with Crippen molar-refractivity contribution in [3.63, 3.8) is 0 Å². The Kier molecular flexibility index (Phi) is 4.18. The van der Waals surface area contributed by atoms with Gasteiger partial charge in [-0.05, 0) is 30.3 Å². The molecule has 0 saturated carbocycles. The molecule has 1 N–H and O–H groups in total. The van der Waals surface area contributed by atoms with Gasteiger partial charge in [0.25, 0.3) is 0 Å². The third kappa shape index (κ3) is 3.30. The first-order valence-corrected chi connectivity index (χ1v) is 8.29. The van der Waals surface area contributed by atoms with Crippen molar-refractivity contribution in [2.75, 3.05) is 0 Å². The highest BCUT2D eigenvalue weighted by Crippen LogP contribution is 2.24. The van der Waals surface area contributed by atoms with Crippen LogP contribution in [0.15, 0.2) is 60.8 Å². The number of nitrogens with zero attached hydrogens (tertiary/aromatic N) is 2. The normalized spacial score (nSPS) is 10.9. The lowest BCUT2D eigenvalue weighted by Gasteiger charge is -2.08. The molecule has 0 unspecified atom stereocenters. The molecule has 2 heterocycles. The number of carboxylic acids is 1. The lowest BCUT2D eigenvalue weighted by atomic mass is 10.1. The minimum atomic E-state index is -1.03. The number of hydrogen-bond acceptors (Lipinski definition) is 5. The summed E-state index contributed by atoms with van der Waals surface area (Å²) in [5, 5.41) is 10.5. The number of benzene rings is 2. The molecule has 0 saturated heterocycles. The molecule has 0 atom stereocenters. The third-order valence-electron chi connectivity index (χ3n) is 4.01. The van der Waals surface area contributed by atoms with Gasteiger partial charge in [0.1, 0.15) is 10.9 Å². The van der Waals surface area contributed by atoms with E-state index in [0.29, 0.717) is 16.4 Å². The van der Waals surface area contributed by atoms with E-state index in [1.807, 2.05) is 18.2 Å². The van der Waals surface area contributed by atoms with Gasteiger partial charge < -0.3 is 9.84 Å². The maximum absolute atomic E-state index is 12.5. The number of carbonyl (C=O) groups is 2. The number of carboxylic acid groups (broad SMARTS) is 1. The molecule has 4 rings (SSSR count). The van der Waals surface area contributed by atoms with Crippen LogP contribution in [-0.4, -0.2) is 27.0 Å². The molecule has 0 aliphatic rings. The second kappa shape index (κ2) is 6.66. The molecular formula is C20H11ClN2O4. The van der Waals surface area contributed by atoms with Crippen LogP contribution in [0.5, 0.6) is 5.75 Å². The molecule has 0 aliphatic carbocycles. The third-order valence-corrected chi connectivity index (χ3v) is 4.30. The molecular weight excluding hydrogens is 368 g/mol. The standard InChI is InChI=1S/C20H11ClN2O4/c21-18-15(8-11-3-1-2-4-16(11)23-18)20(26)27-14-7-12-5-6-13(19(24)25)9-17(12)22-10-14/h1-10H,(H,24,25). The Labute approximate surface area is 158 Å². The Balaban J connectivity index is 1.65. The van der Waals surface area contributed by atoms with E-state index < -0.39 is 11.9 Å². The second-order valence-electron chi connectivity index (χ2n) is 5.79. The zero-order valence-corrected chi connectivity index (χ0v) is 14.5. The van der Waals surface area contributed by atoms with Gasteiger partial charge in [0.2, 0.25) is 0 Å². The van der Waals surface area contributed by atoms with Crippen molar-refractivity contribution in [2.45, 2.75) is 0 Å². The number of rotatable bonds is 3. The predicted octanol–water partition coefficient (Wildman–Crippen LogP) is 4.35. The number of pyridine rings is 2. The molecule has 2 aromatic heterocycles. The first-order chi connectivity index (χ1) is 13.0. The minimum absolute atomic E-state index is 0.0542. The largest absolute Gasteiger partial charge is 0.478 e. The molecule has 0 aliphatic heterocycles. The van der Waals surface area contributed by atoms with Crippen molar-refractivity contribution < 1.29 is 19.4 Å². The summed E-state index contributed by atoms with van der Waals surface area (Å²) in [6.45, 7) is 0. The first kappa shape index (κ1) is 16.9. The van der Waals surface area contributed by atoms with Crippen molar-refractivity contribution in [2.24, 2.45) is 0 Å². The number of aromatic nitrogens is 2. The lowest BCUT2D eigenvalue weighted by molar-refractivity contribution is 0.0694. The highest BCUT2D eigenvalue weighted by Gasteiger charge is 2.16. The number of esters is 1. The van der Waals surface area contributed by atoms with Gasteiger partial charge in [-0.25, -0.2) is 14.6 Å². The van der Waals surface area contributed by atoms with Crippen LogP contribution in [-0.2, 0) is 0 Å². The van der Waals surface area contributed by atoms with Crippen LogP contribution in [0.1, 0.15) is 20.7 Å². The smallest absolute Gasteiger partial charge is 0.346 e. The van der Waals surface area contributed by atoms with Gasteiger partial charge in [-0.2, -0.15) is 0 Å². The van der Waals surface area contributed by atoms with E-state index in [-0.39, 0.29) is 22.0 Å². The van der Waals surface area contributed by atoms with Crippen LogP contribution >= 0.6 is 11.6 Å². The van der Waals surface area contributed by atoms with Crippen LogP contribution in [0.2, 0.25) is 5.15 Å². The predicted molar refractivity (Wildman–Crippen MR) is 100 cm³/mol. The molecule has 6 nitrogen and oxygen atoms in total. The summed E-state index contributed by atoms with van der Waals surface area (Å²) in [6, 6.07) is 15.0. The lowest BCUT2D eigenvalue weighted by Crippen LogP contribution is -2.10. The van der Waals surface area contributed by atoms with Crippen LogP contribution < -0.4 is 4.74 Å². The molecule has 27 heavy (non-hydrogen) atoms. The number of aromatic carboxylic acids is 1. The van der Waals surface area contributed by atoms with Gasteiger partial charge in [0.05, 0.1) is 28.4 Å². The van der Waals surface area contributed by atoms with Crippen LogP contribution in [0.3, 0.4) is 0 Å². The van der Waals surface area contributed by atoms with Gasteiger partial charge in [-0.1, -0.05) is 35.9 Å². The summed E-state index contributed by atoms with van der Waals surface area (Å²) in [5.41, 5.74) is 1.45. The Morgan fingerprint density at radius 1 is 0.963 bits per heavy atom. The molecule has 7 heteroatoms. The number of para-hydroxylation sites is 1. The molecule has 2 aromatic carbocycles. The fourth-order valence-electron chi connectivity index (χ4n) is 2.69. The monoisotopic (exact) mass is 378 g/mol. The Morgan fingerprint density at radius 2 is 1.74 bits per heavy atom. The average Bonchev–Trinajstić information content (AvgIpc) is 2.66. The number of ether oxygens (including phenoxy) is 1. The van der Waals surface area contributed by atoms with Crippen molar-refractivity contribution in [1.29, 1.82) is 0 Å². The van der Waals surface area contributed by atoms with E-state index in [1.165, 1.54) is 18.3 Å². The van der Waals surface area contributed by atoms with Gasteiger partial charge in [-0.3, -0.25) is 4.98 Å². The molecule has 0 spiro atoms. The summed E-state index contributed by atoms with van der Waals surface area (Å²) in [6.07, 6.45) is 1.36. The van der Waals surface area contributed by atoms with Crippen LogP contribution in [0, 0.1) is 0 Å². The molecule has 0 amide bonds. The molecule has 0 bridgehead atoms. The van der Waals surface area contributed by atoms with Crippen molar-refractivity contribution in [3.05, 3.63) is 77.1 Å². The van der Waals surface area contributed by atoms with Crippen molar-refractivity contribution >= 4 is 45.3 Å². The van der Waals surface area contributed by atoms with Crippen molar-refractivity contribution in [1.82, 2.24) is 9.97 Å². The second-order valence-corrected chi connectivity index (χ2v) is 6.15. The quantitative estimate of drug-likeness (QED) is 0.421. The van der Waals surface area contributed by atoms with Gasteiger partial charge >= 0.3 is 11.9 Å². The Morgan fingerprint density at radius 3 is 2.56 bits per heavy atom. The fraction of sp³-hybridized carbons (Fsp3) is 0. The van der Waals surface area contributed by atoms with E-state index in [4.69, 9.17) is 21.4 Å². The number of halogens is 1.